The number of hydrogen-bond acceptors (Lipinski definition) is 2. The van der Waals surface area contributed by atoms with Gasteiger partial charge in [0.15, 0.2) is 0 Å². The van der Waals surface area contributed by atoms with Crippen molar-refractivity contribution in [2.24, 2.45) is 0 Å². The van der Waals surface area contributed by atoms with Crippen LogP contribution in [0.4, 0.5) is 4.39 Å². The summed E-state index contributed by atoms with van der Waals surface area (Å²) in [6, 6.07) is 5.59. The van der Waals surface area contributed by atoms with Crippen molar-refractivity contribution >= 4 is 5.91 Å². The summed E-state index contributed by atoms with van der Waals surface area (Å²) in [5.41, 5.74) is 2.32. The Morgan fingerprint density at radius 3 is 3.00 bits per heavy atom. The summed E-state index contributed by atoms with van der Waals surface area (Å²) in [5, 5.41) is 6.43. The van der Waals surface area contributed by atoms with Crippen LogP contribution in [0.5, 0.6) is 0 Å². The summed E-state index contributed by atoms with van der Waals surface area (Å²) in [7, 11) is 0. The largest absolute Gasteiger partial charge is 0.352 e. The van der Waals surface area contributed by atoms with E-state index in [9.17, 15) is 9.18 Å². The van der Waals surface area contributed by atoms with Gasteiger partial charge in [-0.1, -0.05) is 6.07 Å². The molecule has 0 bridgehead atoms. The minimum Gasteiger partial charge on any atom is -0.352 e. The topological polar surface area (TPSA) is 41.1 Å². The van der Waals surface area contributed by atoms with E-state index >= 15 is 0 Å². The maximum absolute atomic E-state index is 13.1. The van der Waals surface area contributed by atoms with Crippen LogP contribution in [0.1, 0.15) is 36.4 Å². The van der Waals surface area contributed by atoms with E-state index in [-0.39, 0.29) is 17.8 Å². The average molecular weight is 248 g/mol. The quantitative estimate of drug-likeness (QED) is 0.854. The van der Waals surface area contributed by atoms with Crippen LogP contribution < -0.4 is 10.6 Å². The number of rotatable bonds is 3. The average Bonchev–Trinajstić information content (AvgIpc) is 2.92. The fraction of sp³-hybridized carbons (Fsp3) is 0.500. The molecule has 1 saturated heterocycles. The van der Waals surface area contributed by atoms with Gasteiger partial charge in [0.05, 0.1) is 0 Å². The van der Waals surface area contributed by atoms with Crippen molar-refractivity contribution in [1.82, 2.24) is 10.6 Å². The second kappa shape index (κ2) is 4.69. The number of aryl methyl sites for hydroxylation is 1. The Bertz CT molecular complexity index is 475. The molecule has 3 nitrogen and oxygen atoms in total. The Morgan fingerprint density at radius 2 is 2.22 bits per heavy atom. The van der Waals surface area contributed by atoms with Gasteiger partial charge in [-0.05, 0) is 42.5 Å². The molecule has 2 atom stereocenters. The fourth-order valence-corrected chi connectivity index (χ4v) is 2.91. The molecule has 1 aliphatic carbocycles. The van der Waals surface area contributed by atoms with E-state index in [0.29, 0.717) is 12.5 Å². The Hall–Kier alpha value is -1.42. The van der Waals surface area contributed by atoms with Crippen LogP contribution >= 0.6 is 0 Å². The van der Waals surface area contributed by atoms with E-state index in [0.717, 1.165) is 31.4 Å². The van der Waals surface area contributed by atoms with Gasteiger partial charge < -0.3 is 10.6 Å². The van der Waals surface area contributed by atoms with E-state index in [2.05, 4.69) is 10.6 Å². The van der Waals surface area contributed by atoms with Crippen molar-refractivity contribution in [3.8, 4) is 0 Å². The number of fused-ring (bicyclic) bond motifs is 1. The molecule has 1 heterocycles. The number of hydrogen-bond donors (Lipinski definition) is 2. The third-order valence-corrected chi connectivity index (χ3v) is 3.88. The maximum atomic E-state index is 13.1. The zero-order valence-corrected chi connectivity index (χ0v) is 10.2. The first kappa shape index (κ1) is 11.7. The molecule has 0 saturated carbocycles. The Morgan fingerprint density at radius 1 is 1.33 bits per heavy atom. The molecule has 0 aromatic heterocycles. The van der Waals surface area contributed by atoms with Crippen LogP contribution in [-0.4, -0.2) is 18.5 Å². The van der Waals surface area contributed by atoms with Gasteiger partial charge in [-0.15, -0.1) is 0 Å². The van der Waals surface area contributed by atoms with Crippen molar-refractivity contribution < 1.29 is 9.18 Å². The zero-order chi connectivity index (χ0) is 12.5. The smallest absolute Gasteiger partial charge is 0.220 e. The van der Waals surface area contributed by atoms with Gasteiger partial charge in [0.25, 0.3) is 0 Å². The molecular formula is C14H17FN2O. The van der Waals surface area contributed by atoms with Crippen molar-refractivity contribution in [3.63, 3.8) is 0 Å². The first-order valence-electron chi connectivity index (χ1n) is 6.53. The number of carbonyl (C=O) groups is 1. The van der Waals surface area contributed by atoms with E-state index in [1.54, 1.807) is 6.07 Å². The van der Waals surface area contributed by atoms with Crippen LogP contribution in [0.25, 0.3) is 0 Å². The van der Waals surface area contributed by atoms with Gasteiger partial charge in [0.2, 0.25) is 5.91 Å². The highest BCUT2D eigenvalue weighted by Gasteiger charge is 2.25. The van der Waals surface area contributed by atoms with Crippen LogP contribution in [0, 0.1) is 5.82 Å². The van der Waals surface area contributed by atoms with Crippen LogP contribution in [0.2, 0.25) is 0 Å². The minimum atomic E-state index is -0.155. The Labute approximate surface area is 106 Å². The van der Waals surface area contributed by atoms with Crippen molar-refractivity contribution in [2.45, 2.75) is 37.8 Å². The Kier molecular flexibility index (Phi) is 3.04. The molecule has 0 spiro atoms. The van der Waals surface area contributed by atoms with Gasteiger partial charge in [-0.2, -0.15) is 0 Å². The molecule has 1 amide bonds. The molecule has 2 unspecified atom stereocenters. The summed E-state index contributed by atoms with van der Waals surface area (Å²) in [4.78, 5) is 11.1. The van der Waals surface area contributed by atoms with Gasteiger partial charge in [0, 0.05) is 25.0 Å². The van der Waals surface area contributed by atoms with Crippen molar-refractivity contribution in [3.05, 3.63) is 35.1 Å². The third kappa shape index (κ3) is 2.25. The minimum absolute atomic E-state index is 0.149. The monoisotopic (exact) mass is 248 g/mol. The normalized spacial score (nSPS) is 26.2. The van der Waals surface area contributed by atoms with E-state index < -0.39 is 0 Å². The van der Waals surface area contributed by atoms with Gasteiger partial charge in [0.1, 0.15) is 5.82 Å². The Balaban J connectivity index is 1.61. The summed E-state index contributed by atoms with van der Waals surface area (Å²) in [6.45, 7) is 0.799. The van der Waals surface area contributed by atoms with Gasteiger partial charge in [-0.25, -0.2) is 4.39 Å². The van der Waals surface area contributed by atoms with Crippen LogP contribution in [-0.2, 0) is 11.2 Å². The lowest BCUT2D eigenvalue weighted by atomic mass is 10.1. The molecule has 96 valence electrons. The number of amides is 1. The molecule has 2 N–H and O–H groups in total. The van der Waals surface area contributed by atoms with E-state index in [4.69, 9.17) is 0 Å². The molecule has 2 aliphatic rings. The first-order chi connectivity index (χ1) is 8.72. The predicted octanol–water partition coefficient (Wildman–Crippen LogP) is 1.68. The first-order valence-corrected chi connectivity index (χ1v) is 6.53. The molecule has 1 aliphatic heterocycles. The molecule has 1 fully saturated rings. The highest BCUT2D eigenvalue weighted by molar-refractivity contribution is 5.78. The molecule has 0 radical (unpaired) electrons. The molecule has 1 aromatic carbocycles. The van der Waals surface area contributed by atoms with Crippen LogP contribution in [0.15, 0.2) is 18.2 Å². The summed E-state index contributed by atoms with van der Waals surface area (Å²) in [6.07, 6.45) is 3.49. The van der Waals surface area contributed by atoms with E-state index in [1.807, 2.05) is 6.07 Å². The lowest BCUT2D eigenvalue weighted by Crippen LogP contribution is -2.36. The summed E-state index contributed by atoms with van der Waals surface area (Å²) >= 11 is 0. The second-order valence-corrected chi connectivity index (χ2v) is 5.15. The van der Waals surface area contributed by atoms with Crippen LogP contribution in [0.3, 0.4) is 0 Å². The van der Waals surface area contributed by atoms with Crippen molar-refractivity contribution in [1.29, 1.82) is 0 Å². The summed E-state index contributed by atoms with van der Waals surface area (Å²) in [5.74, 6) is -0.00634. The third-order valence-electron chi connectivity index (χ3n) is 3.88. The van der Waals surface area contributed by atoms with Gasteiger partial charge in [-0.3, -0.25) is 4.79 Å². The second-order valence-electron chi connectivity index (χ2n) is 5.15. The molecule has 3 rings (SSSR count). The summed E-state index contributed by atoms with van der Waals surface area (Å²) < 4.78 is 13.1. The molecular weight excluding hydrogens is 231 g/mol. The number of nitrogens with one attached hydrogen (secondary N) is 2. The lowest BCUT2D eigenvalue weighted by molar-refractivity contribution is -0.119. The fourth-order valence-electron chi connectivity index (χ4n) is 2.91. The van der Waals surface area contributed by atoms with E-state index in [1.165, 1.54) is 11.6 Å². The lowest BCUT2D eigenvalue weighted by Gasteiger charge is -2.17. The SMILES string of the molecule is O=C1CCC(CNC2CCc3cc(F)ccc32)N1. The van der Waals surface area contributed by atoms with Crippen molar-refractivity contribution in [2.75, 3.05) is 6.54 Å². The molecule has 1 aromatic rings. The maximum Gasteiger partial charge on any atom is 0.220 e. The standard InChI is InChI=1S/C14H17FN2O/c15-10-2-4-12-9(7-10)1-5-13(12)16-8-11-3-6-14(18)17-11/h2,4,7,11,13,16H,1,3,5-6,8H2,(H,17,18). The highest BCUT2D eigenvalue weighted by Crippen LogP contribution is 2.31. The zero-order valence-electron chi connectivity index (χ0n) is 10.2. The predicted molar refractivity (Wildman–Crippen MR) is 66.6 cm³/mol. The number of benzene rings is 1. The molecule has 4 heteroatoms. The number of carbonyl (C=O) groups excluding carboxylic acids is 1. The number of halogens is 1. The molecule has 18 heavy (non-hydrogen) atoms. The van der Waals surface area contributed by atoms with Gasteiger partial charge >= 0.3 is 0 Å². The highest BCUT2D eigenvalue weighted by atomic mass is 19.1.